The molecule has 4 rings (SSSR count). The average molecular weight is 393 g/mol. The number of aromatic hydroxyl groups is 1. The summed E-state index contributed by atoms with van der Waals surface area (Å²) < 4.78 is 3.20. The highest BCUT2D eigenvalue weighted by Gasteiger charge is 2.21. The summed E-state index contributed by atoms with van der Waals surface area (Å²) in [4.78, 5) is 17.5. The van der Waals surface area contributed by atoms with Crippen molar-refractivity contribution < 1.29 is 5.11 Å². The van der Waals surface area contributed by atoms with Gasteiger partial charge in [0.2, 0.25) is 0 Å². The van der Waals surface area contributed by atoms with Crippen molar-refractivity contribution in [3.05, 3.63) is 65.3 Å². The summed E-state index contributed by atoms with van der Waals surface area (Å²) in [7, 11) is 0. The largest absolute Gasteiger partial charge is 0.508 e. The van der Waals surface area contributed by atoms with Gasteiger partial charge in [-0.3, -0.25) is 0 Å². The molecule has 29 heavy (non-hydrogen) atoms. The molecular formula is C22H27N5O2. The molecule has 1 atom stereocenters. The van der Waals surface area contributed by atoms with Gasteiger partial charge in [-0.05, 0) is 49.7 Å². The monoisotopic (exact) mass is 393 g/mol. The molecule has 0 amide bonds. The van der Waals surface area contributed by atoms with E-state index < -0.39 is 0 Å². The summed E-state index contributed by atoms with van der Waals surface area (Å²) in [6.45, 7) is 7.52. The summed E-state index contributed by atoms with van der Waals surface area (Å²) in [5, 5.41) is 13.8. The maximum Gasteiger partial charge on any atom is 0.350 e. The van der Waals surface area contributed by atoms with Gasteiger partial charge in [-0.25, -0.2) is 14.0 Å². The molecule has 2 aromatic carbocycles. The van der Waals surface area contributed by atoms with E-state index >= 15 is 0 Å². The van der Waals surface area contributed by atoms with Gasteiger partial charge in [-0.15, -0.1) is 0 Å². The van der Waals surface area contributed by atoms with Gasteiger partial charge in [-0.1, -0.05) is 19.1 Å². The van der Waals surface area contributed by atoms with Crippen LogP contribution in [0.3, 0.4) is 0 Å². The molecule has 1 aliphatic heterocycles. The van der Waals surface area contributed by atoms with Gasteiger partial charge < -0.3 is 14.9 Å². The number of para-hydroxylation sites is 2. The Morgan fingerprint density at radius 3 is 2.24 bits per heavy atom. The smallest absolute Gasteiger partial charge is 0.350 e. The highest BCUT2D eigenvalue weighted by molar-refractivity contribution is 5.64. The summed E-state index contributed by atoms with van der Waals surface area (Å²) in [5.41, 5.74) is 2.92. The highest BCUT2D eigenvalue weighted by Crippen LogP contribution is 2.26. The minimum absolute atomic E-state index is 0.0739. The van der Waals surface area contributed by atoms with Crippen LogP contribution >= 0.6 is 0 Å². The van der Waals surface area contributed by atoms with Crippen LogP contribution in [0.1, 0.15) is 26.3 Å². The number of phenolic OH excluding ortho intramolecular Hbond substituents is 1. The third-order valence-electron chi connectivity index (χ3n) is 5.68. The lowest BCUT2D eigenvalue weighted by molar-refractivity contribution is 0.460. The van der Waals surface area contributed by atoms with E-state index in [0.717, 1.165) is 49.7 Å². The molecule has 0 bridgehead atoms. The molecule has 1 saturated heterocycles. The molecule has 7 heteroatoms. The van der Waals surface area contributed by atoms with Crippen LogP contribution in [0, 0.1) is 0 Å². The number of aromatic nitrogens is 3. The number of hydrogen-bond donors (Lipinski definition) is 1. The van der Waals surface area contributed by atoms with Crippen molar-refractivity contribution in [2.24, 2.45) is 0 Å². The second-order valence-corrected chi connectivity index (χ2v) is 7.46. The van der Waals surface area contributed by atoms with E-state index in [-0.39, 0.29) is 17.5 Å². The third-order valence-corrected chi connectivity index (χ3v) is 5.68. The van der Waals surface area contributed by atoms with E-state index in [1.807, 2.05) is 37.3 Å². The molecule has 0 radical (unpaired) electrons. The van der Waals surface area contributed by atoms with E-state index in [1.54, 1.807) is 27.7 Å². The zero-order chi connectivity index (χ0) is 20.4. The molecule has 2 heterocycles. The molecule has 1 aromatic heterocycles. The lowest BCUT2D eigenvalue weighted by Gasteiger charge is -2.38. The molecule has 7 nitrogen and oxygen atoms in total. The first-order valence-electron chi connectivity index (χ1n) is 10.1. The molecule has 0 unspecified atom stereocenters. The standard InChI is InChI=1S/C22H27N5O2/c1-3-17(2)27-22(29)26(16-23-27)21-7-5-4-6-20(21)25-14-12-24(13-15-25)18-8-10-19(28)11-9-18/h4-11,16-17,28H,3,12-15H2,1-2H3/t17-/m0/s1. The average Bonchev–Trinajstić information content (AvgIpc) is 3.15. The van der Waals surface area contributed by atoms with Crippen LogP contribution < -0.4 is 15.5 Å². The van der Waals surface area contributed by atoms with Crippen LogP contribution in [0.25, 0.3) is 5.69 Å². The van der Waals surface area contributed by atoms with E-state index in [0.29, 0.717) is 0 Å². The summed E-state index contributed by atoms with van der Waals surface area (Å²) >= 11 is 0. The van der Waals surface area contributed by atoms with Crippen LogP contribution in [0.2, 0.25) is 0 Å². The summed E-state index contributed by atoms with van der Waals surface area (Å²) in [5.74, 6) is 0.282. The molecule has 1 fully saturated rings. The van der Waals surface area contributed by atoms with Gasteiger partial charge in [0.25, 0.3) is 0 Å². The Hall–Kier alpha value is -3.22. The molecule has 0 spiro atoms. The third kappa shape index (κ3) is 3.72. The number of piperazine rings is 1. The molecule has 0 aliphatic carbocycles. The van der Waals surface area contributed by atoms with Crippen molar-refractivity contribution in [2.75, 3.05) is 36.0 Å². The van der Waals surface area contributed by atoms with Crippen molar-refractivity contribution in [1.82, 2.24) is 14.3 Å². The Bertz CT molecular complexity index is 1020. The Morgan fingerprint density at radius 2 is 1.59 bits per heavy atom. The second kappa shape index (κ2) is 8.03. The van der Waals surface area contributed by atoms with Gasteiger partial charge in [-0.2, -0.15) is 5.10 Å². The fourth-order valence-electron chi connectivity index (χ4n) is 3.76. The number of anilines is 2. The molecule has 1 N–H and O–H groups in total. The molecular weight excluding hydrogens is 366 g/mol. The zero-order valence-electron chi connectivity index (χ0n) is 16.9. The van der Waals surface area contributed by atoms with E-state index in [2.05, 4.69) is 27.9 Å². The van der Waals surface area contributed by atoms with Crippen LogP contribution in [0.4, 0.5) is 11.4 Å². The van der Waals surface area contributed by atoms with E-state index in [4.69, 9.17) is 0 Å². The molecule has 152 valence electrons. The first kappa shape index (κ1) is 19.1. The Labute approximate surface area is 170 Å². The number of rotatable bonds is 5. The molecule has 3 aromatic rings. The highest BCUT2D eigenvalue weighted by atomic mass is 16.3. The maximum absolute atomic E-state index is 12.9. The van der Waals surface area contributed by atoms with Crippen molar-refractivity contribution >= 4 is 11.4 Å². The minimum Gasteiger partial charge on any atom is -0.508 e. The van der Waals surface area contributed by atoms with Crippen molar-refractivity contribution in [3.8, 4) is 11.4 Å². The number of nitrogens with zero attached hydrogens (tertiary/aromatic N) is 5. The Balaban J connectivity index is 1.56. The van der Waals surface area contributed by atoms with Crippen LogP contribution in [-0.4, -0.2) is 45.6 Å². The van der Waals surface area contributed by atoms with Gasteiger partial charge in [0.15, 0.2) is 0 Å². The fraction of sp³-hybridized carbons (Fsp3) is 0.364. The predicted octanol–water partition coefficient (Wildman–Crippen LogP) is 3.04. The first-order chi connectivity index (χ1) is 14.1. The van der Waals surface area contributed by atoms with Crippen LogP contribution in [0.5, 0.6) is 5.75 Å². The lowest BCUT2D eigenvalue weighted by Crippen LogP contribution is -2.47. The SMILES string of the molecule is CC[C@H](C)n1ncn(-c2ccccc2N2CCN(c3ccc(O)cc3)CC2)c1=O. The Kier molecular flexibility index (Phi) is 5.29. The Morgan fingerprint density at radius 1 is 0.966 bits per heavy atom. The van der Waals surface area contributed by atoms with Crippen molar-refractivity contribution in [1.29, 1.82) is 0 Å². The quantitative estimate of drug-likeness (QED) is 0.722. The van der Waals surface area contributed by atoms with Crippen LogP contribution in [-0.2, 0) is 0 Å². The topological polar surface area (TPSA) is 66.5 Å². The summed E-state index contributed by atoms with van der Waals surface area (Å²) in [6.07, 6.45) is 2.48. The lowest BCUT2D eigenvalue weighted by atomic mass is 10.2. The van der Waals surface area contributed by atoms with Crippen molar-refractivity contribution in [2.45, 2.75) is 26.3 Å². The fourth-order valence-corrected chi connectivity index (χ4v) is 3.76. The number of benzene rings is 2. The van der Waals surface area contributed by atoms with Gasteiger partial charge in [0.05, 0.1) is 17.4 Å². The normalized spacial score (nSPS) is 15.5. The van der Waals surface area contributed by atoms with E-state index in [9.17, 15) is 9.90 Å². The minimum atomic E-state index is -0.102. The molecule has 1 aliphatic rings. The zero-order valence-corrected chi connectivity index (χ0v) is 16.9. The summed E-state index contributed by atoms with van der Waals surface area (Å²) in [6, 6.07) is 15.4. The van der Waals surface area contributed by atoms with Gasteiger partial charge >= 0.3 is 5.69 Å². The number of phenols is 1. The first-order valence-corrected chi connectivity index (χ1v) is 10.1. The van der Waals surface area contributed by atoms with Gasteiger partial charge in [0, 0.05) is 31.9 Å². The number of hydrogen-bond acceptors (Lipinski definition) is 5. The van der Waals surface area contributed by atoms with Crippen molar-refractivity contribution in [3.63, 3.8) is 0 Å². The van der Waals surface area contributed by atoms with Crippen LogP contribution in [0.15, 0.2) is 59.7 Å². The predicted molar refractivity (Wildman–Crippen MR) is 115 cm³/mol. The van der Waals surface area contributed by atoms with E-state index in [1.165, 1.54) is 0 Å². The second-order valence-electron chi connectivity index (χ2n) is 7.46. The van der Waals surface area contributed by atoms with Gasteiger partial charge in [0.1, 0.15) is 12.1 Å². The molecule has 0 saturated carbocycles. The maximum atomic E-state index is 12.9.